The van der Waals surface area contributed by atoms with Crippen LogP contribution in [0, 0.1) is 4.77 Å². The van der Waals surface area contributed by atoms with E-state index >= 15 is 0 Å². The van der Waals surface area contributed by atoms with Crippen LogP contribution in [-0.4, -0.2) is 9.55 Å². The molecule has 1 heterocycles. The van der Waals surface area contributed by atoms with E-state index in [0.29, 0.717) is 6.04 Å². The number of aromatic nitrogens is 2. The van der Waals surface area contributed by atoms with E-state index in [1.54, 1.807) is 0 Å². The molecule has 1 saturated carbocycles. The molecule has 1 aliphatic rings. The zero-order chi connectivity index (χ0) is 11.7. The number of imidazole rings is 1. The predicted octanol–water partition coefficient (Wildman–Crippen LogP) is 4.59. The number of nitrogens with one attached hydrogen (secondary N) is 1. The Labute approximate surface area is 107 Å². The Balaban J connectivity index is 2.09. The molecular formula is C14H18N2S. The molecule has 1 aliphatic carbocycles. The van der Waals surface area contributed by atoms with E-state index in [-0.39, 0.29) is 0 Å². The molecule has 0 saturated heterocycles. The van der Waals surface area contributed by atoms with Gasteiger partial charge in [-0.25, -0.2) is 0 Å². The van der Waals surface area contributed by atoms with E-state index in [0.717, 1.165) is 4.77 Å². The summed E-state index contributed by atoms with van der Waals surface area (Å²) in [6.45, 7) is 0. The van der Waals surface area contributed by atoms with Gasteiger partial charge in [0, 0.05) is 6.04 Å². The molecule has 3 heteroatoms. The standard InChI is InChI=1S/C14H18N2S/c17-14-15-12-9-5-6-10-13(12)16(14)11-7-3-1-2-4-8-11/h5-6,9-11H,1-4,7-8H2,(H,15,17). The van der Waals surface area contributed by atoms with Crippen molar-refractivity contribution in [3.8, 4) is 0 Å². The number of hydrogen-bond donors (Lipinski definition) is 1. The summed E-state index contributed by atoms with van der Waals surface area (Å²) in [5.74, 6) is 0. The van der Waals surface area contributed by atoms with Crippen LogP contribution in [0.1, 0.15) is 44.6 Å². The van der Waals surface area contributed by atoms with Crippen LogP contribution in [0.3, 0.4) is 0 Å². The maximum absolute atomic E-state index is 5.49. The van der Waals surface area contributed by atoms with Crippen LogP contribution in [0.25, 0.3) is 11.0 Å². The number of aromatic amines is 1. The van der Waals surface area contributed by atoms with Gasteiger partial charge in [0.1, 0.15) is 0 Å². The number of H-pyrrole nitrogens is 1. The Morgan fingerprint density at radius 3 is 2.53 bits per heavy atom. The number of benzene rings is 1. The fraction of sp³-hybridized carbons (Fsp3) is 0.500. The van der Waals surface area contributed by atoms with E-state index in [9.17, 15) is 0 Å². The van der Waals surface area contributed by atoms with Crippen molar-refractivity contribution in [2.75, 3.05) is 0 Å². The van der Waals surface area contributed by atoms with Crippen LogP contribution in [0.4, 0.5) is 0 Å². The lowest BCUT2D eigenvalue weighted by Crippen LogP contribution is -2.07. The molecule has 0 unspecified atom stereocenters. The minimum absolute atomic E-state index is 0.598. The third kappa shape index (κ3) is 2.04. The van der Waals surface area contributed by atoms with E-state index in [1.165, 1.54) is 49.6 Å². The van der Waals surface area contributed by atoms with Gasteiger partial charge in [-0.3, -0.25) is 0 Å². The molecule has 0 amide bonds. The summed E-state index contributed by atoms with van der Waals surface area (Å²) in [7, 11) is 0. The van der Waals surface area contributed by atoms with Crippen molar-refractivity contribution in [2.24, 2.45) is 0 Å². The largest absolute Gasteiger partial charge is 0.331 e. The number of nitrogens with zero attached hydrogens (tertiary/aromatic N) is 1. The molecule has 1 aromatic carbocycles. The van der Waals surface area contributed by atoms with Crippen molar-refractivity contribution in [1.29, 1.82) is 0 Å². The molecule has 2 nitrogen and oxygen atoms in total. The van der Waals surface area contributed by atoms with E-state index in [4.69, 9.17) is 12.2 Å². The van der Waals surface area contributed by atoms with Gasteiger partial charge < -0.3 is 9.55 Å². The van der Waals surface area contributed by atoms with Crippen molar-refractivity contribution >= 4 is 23.3 Å². The second-order valence-corrected chi connectivity index (χ2v) is 5.35. The first-order chi connectivity index (χ1) is 8.36. The smallest absolute Gasteiger partial charge is 0.178 e. The molecular weight excluding hydrogens is 228 g/mol. The summed E-state index contributed by atoms with van der Waals surface area (Å²) in [4.78, 5) is 3.32. The SMILES string of the molecule is S=c1[nH]c2ccccc2n1C1CCCCCC1. The van der Waals surface area contributed by atoms with Crippen LogP contribution >= 0.6 is 12.2 Å². The van der Waals surface area contributed by atoms with Crippen LogP contribution in [-0.2, 0) is 0 Å². The first-order valence-corrected chi connectivity index (χ1v) is 6.96. The zero-order valence-electron chi connectivity index (χ0n) is 9.98. The Hall–Kier alpha value is -1.09. The van der Waals surface area contributed by atoms with Crippen LogP contribution < -0.4 is 0 Å². The van der Waals surface area contributed by atoms with Gasteiger partial charge in [-0.15, -0.1) is 0 Å². The second-order valence-electron chi connectivity index (χ2n) is 4.96. The van der Waals surface area contributed by atoms with Crippen molar-refractivity contribution in [2.45, 2.75) is 44.6 Å². The Bertz CT molecular complexity index is 559. The minimum Gasteiger partial charge on any atom is -0.331 e. The highest BCUT2D eigenvalue weighted by atomic mass is 32.1. The van der Waals surface area contributed by atoms with E-state index < -0.39 is 0 Å². The van der Waals surface area contributed by atoms with Gasteiger partial charge in [0.05, 0.1) is 11.0 Å². The summed E-state index contributed by atoms with van der Waals surface area (Å²) in [6.07, 6.45) is 7.99. The molecule has 90 valence electrons. The van der Waals surface area contributed by atoms with Crippen LogP contribution in [0.5, 0.6) is 0 Å². The lowest BCUT2D eigenvalue weighted by atomic mass is 10.1. The highest BCUT2D eigenvalue weighted by molar-refractivity contribution is 7.71. The quantitative estimate of drug-likeness (QED) is 0.576. The molecule has 0 radical (unpaired) electrons. The lowest BCUT2D eigenvalue weighted by Gasteiger charge is -2.17. The normalized spacial score (nSPS) is 18.4. The molecule has 2 aromatic rings. The van der Waals surface area contributed by atoms with E-state index in [1.807, 2.05) is 0 Å². The van der Waals surface area contributed by atoms with Crippen molar-refractivity contribution in [3.05, 3.63) is 29.0 Å². The summed E-state index contributed by atoms with van der Waals surface area (Å²) in [5, 5.41) is 0. The fourth-order valence-electron chi connectivity index (χ4n) is 2.95. The van der Waals surface area contributed by atoms with E-state index in [2.05, 4.69) is 33.8 Å². The predicted molar refractivity (Wildman–Crippen MR) is 73.9 cm³/mol. The maximum Gasteiger partial charge on any atom is 0.178 e. The Kier molecular flexibility index (Phi) is 3.02. The van der Waals surface area contributed by atoms with Crippen molar-refractivity contribution in [1.82, 2.24) is 9.55 Å². The first kappa shape index (κ1) is 11.0. The number of hydrogen-bond acceptors (Lipinski definition) is 1. The summed E-state index contributed by atoms with van der Waals surface area (Å²) in [6, 6.07) is 9.04. The van der Waals surface area contributed by atoms with Gasteiger partial charge >= 0.3 is 0 Å². The van der Waals surface area contributed by atoms with Gasteiger partial charge in [0.25, 0.3) is 0 Å². The monoisotopic (exact) mass is 246 g/mol. The van der Waals surface area contributed by atoms with Crippen LogP contribution in [0.2, 0.25) is 0 Å². The van der Waals surface area contributed by atoms with Gasteiger partial charge in [0.2, 0.25) is 0 Å². The molecule has 17 heavy (non-hydrogen) atoms. The van der Waals surface area contributed by atoms with Gasteiger partial charge in [-0.2, -0.15) is 0 Å². The molecule has 1 fully saturated rings. The topological polar surface area (TPSA) is 20.7 Å². The molecule has 0 spiro atoms. The second kappa shape index (κ2) is 4.65. The molecule has 0 bridgehead atoms. The Morgan fingerprint density at radius 2 is 1.76 bits per heavy atom. The molecule has 1 N–H and O–H groups in total. The number of para-hydroxylation sites is 2. The van der Waals surface area contributed by atoms with Gasteiger partial charge in [0.15, 0.2) is 4.77 Å². The van der Waals surface area contributed by atoms with Gasteiger partial charge in [-0.05, 0) is 37.2 Å². The summed E-state index contributed by atoms with van der Waals surface area (Å²) >= 11 is 5.49. The third-order valence-corrected chi connectivity index (χ3v) is 4.11. The molecule has 1 aromatic heterocycles. The zero-order valence-corrected chi connectivity index (χ0v) is 10.8. The molecule has 3 rings (SSSR count). The van der Waals surface area contributed by atoms with Crippen molar-refractivity contribution < 1.29 is 0 Å². The maximum atomic E-state index is 5.49. The van der Waals surface area contributed by atoms with Crippen LogP contribution in [0.15, 0.2) is 24.3 Å². The number of rotatable bonds is 1. The summed E-state index contributed by atoms with van der Waals surface area (Å²) < 4.78 is 3.23. The lowest BCUT2D eigenvalue weighted by molar-refractivity contribution is 0.450. The Morgan fingerprint density at radius 1 is 1.06 bits per heavy atom. The summed E-state index contributed by atoms with van der Waals surface area (Å²) in [5.41, 5.74) is 2.44. The highest BCUT2D eigenvalue weighted by Crippen LogP contribution is 2.30. The van der Waals surface area contributed by atoms with Gasteiger partial charge in [-0.1, -0.05) is 37.8 Å². The third-order valence-electron chi connectivity index (χ3n) is 3.81. The van der Waals surface area contributed by atoms with Crippen molar-refractivity contribution in [3.63, 3.8) is 0 Å². The average Bonchev–Trinajstić information content (AvgIpc) is 2.53. The average molecular weight is 246 g/mol. The molecule has 0 aliphatic heterocycles. The fourth-order valence-corrected chi connectivity index (χ4v) is 3.31. The first-order valence-electron chi connectivity index (χ1n) is 6.55. The minimum atomic E-state index is 0.598. The number of fused-ring (bicyclic) bond motifs is 1. The highest BCUT2D eigenvalue weighted by Gasteiger charge is 2.16. The molecule has 0 atom stereocenters.